The van der Waals surface area contributed by atoms with Crippen LogP contribution in [0.1, 0.15) is 71.6 Å². The Labute approximate surface area is 89.5 Å². The molecule has 0 aromatic heterocycles. The smallest absolute Gasteiger partial charge is 0.0157 e. The highest BCUT2D eigenvalue weighted by molar-refractivity contribution is 4.87. The van der Waals surface area contributed by atoms with Gasteiger partial charge in [0, 0.05) is 5.54 Å². The van der Waals surface area contributed by atoms with Crippen LogP contribution in [0.15, 0.2) is 0 Å². The first-order valence-electron chi connectivity index (χ1n) is 6.49. The van der Waals surface area contributed by atoms with Crippen LogP contribution >= 0.6 is 0 Å². The van der Waals surface area contributed by atoms with E-state index in [1.165, 1.54) is 57.8 Å². The van der Waals surface area contributed by atoms with E-state index in [9.17, 15) is 0 Å². The molecule has 0 bridgehead atoms. The summed E-state index contributed by atoms with van der Waals surface area (Å²) in [5.74, 6) is 0.859. The molecule has 2 N–H and O–H groups in total. The molecule has 1 saturated carbocycles. The third-order valence-electron chi connectivity index (χ3n) is 3.95. The van der Waals surface area contributed by atoms with Crippen LogP contribution in [-0.2, 0) is 0 Å². The first kappa shape index (κ1) is 12.0. The van der Waals surface area contributed by atoms with E-state index in [0.717, 1.165) is 5.92 Å². The minimum atomic E-state index is 0.188. The molecular formula is C13H27N. The van der Waals surface area contributed by atoms with Crippen LogP contribution in [0, 0.1) is 5.92 Å². The van der Waals surface area contributed by atoms with Gasteiger partial charge in [0.15, 0.2) is 0 Å². The zero-order valence-corrected chi connectivity index (χ0v) is 10.0. The van der Waals surface area contributed by atoms with Crippen molar-refractivity contribution in [3.63, 3.8) is 0 Å². The van der Waals surface area contributed by atoms with Crippen LogP contribution in [-0.4, -0.2) is 5.54 Å². The lowest BCUT2D eigenvalue weighted by Gasteiger charge is -2.31. The Balaban J connectivity index is 2.44. The van der Waals surface area contributed by atoms with Crippen molar-refractivity contribution in [3.05, 3.63) is 0 Å². The molecule has 0 heterocycles. The Morgan fingerprint density at radius 3 is 1.93 bits per heavy atom. The second-order valence-corrected chi connectivity index (χ2v) is 5.16. The monoisotopic (exact) mass is 197 g/mol. The van der Waals surface area contributed by atoms with Crippen LogP contribution < -0.4 is 5.73 Å². The highest BCUT2D eigenvalue weighted by Gasteiger charge is 2.28. The molecule has 0 aromatic rings. The van der Waals surface area contributed by atoms with Gasteiger partial charge in [-0.3, -0.25) is 0 Å². The molecule has 1 heteroatoms. The van der Waals surface area contributed by atoms with E-state index in [-0.39, 0.29) is 5.54 Å². The van der Waals surface area contributed by atoms with Crippen LogP contribution in [0.3, 0.4) is 0 Å². The zero-order chi connectivity index (χ0) is 10.4. The molecule has 1 aliphatic rings. The van der Waals surface area contributed by atoms with Gasteiger partial charge >= 0.3 is 0 Å². The molecule has 84 valence electrons. The van der Waals surface area contributed by atoms with Gasteiger partial charge < -0.3 is 5.73 Å². The standard InChI is InChI=1S/C13H27N/c1-3-12(4-2)11-13(14)9-7-5-6-8-10-13/h12H,3-11,14H2,1-2H3. The van der Waals surface area contributed by atoms with Crippen LogP contribution in [0.25, 0.3) is 0 Å². The summed E-state index contributed by atoms with van der Waals surface area (Å²) in [6.07, 6.45) is 11.9. The number of rotatable bonds is 4. The summed E-state index contributed by atoms with van der Waals surface area (Å²) in [5.41, 5.74) is 6.70. The highest BCUT2D eigenvalue weighted by Crippen LogP contribution is 2.32. The fourth-order valence-electron chi connectivity index (χ4n) is 2.79. The SMILES string of the molecule is CCC(CC)CC1(N)CCCCCC1. The van der Waals surface area contributed by atoms with E-state index in [4.69, 9.17) is 5.73 Å². The molecule has 0 saturated heterocycles. The van der Waals surface area contributed by atoms with Crippen LogP contribution in [0.4, 0.5) is 0 Å². The van der Waals surface area contributed by atoms with Crippen molar-refractivity contribution >= 4 is 0 Å². The van der Waals surface area contributed by atoms with Gasteiger partial charge in [0.1, 0.15) is 0 Å². The summed E-state index contributed by atoms with van der Waals surface area (Å²) >= 11 is 0. The molecule has 0 atom stereocenters. The van der Waals surface area contributed by atoms with E-state index in [1.54, 1.807) is 0 Å². The molecule has 0 aromatic carbocycles. The second-order valence-electron chi connectivity index (χ2n) is 5.16. The van der Waals surface area contributed by atoms with Gasteiger partial charge in [0.05, 0.1) is 0 Å². The molecule has 1 nitrogen and oxygen atoms in total. The molecule has 1 rings (SSSR count). The molecule has 0 aliphatic heterocycles. The van der Waals surface area contributed by atoms with Crippen molar-refractivity contribution in [2.24, 2.45) is 11.7 Å². The van der Waals surface area contributed by atoms with Gasteiger partial charge in [-0.25, -0.2) is 0 Å². The molecule has 0 amide bonds. The molecular weight excluding hydrogens is 170 g/mol. The highest BCUT2D eigenvalue weighted by atomic mass is 14.7. The summed E-state index contributed by atoms with van der Waals surface area (Å²) in [4.78, 5) is 0. The van der Waals surface area contributed by atoms with Crippen molar-refractivity contribution < 1.29 is 0 Å². The van der Waals surface area contributed by atoms with Crippen molar-refractivity contribution in [3.8, 4) is 0 Å². The first-order valence-corrected chi connectivity index (χ1v) is 6.49. The van der Waals surface area contributed by atoms with Crippen molar-refractivity contribution in [2.75, 3.05) is 0 Å². The van der Waals surface area contributed by atoms with E-state index in [1.807, 2.05) is 0 Å². The van der Waals surface area contributed by atoms with Crippen molar-refractivity contribution in [1.29, 1.82) is 0 Å². The predicted molar refractivity (Wildman–Crippen MR) is 63.3 cm³/mol. The summed E-state index contributed by atoms with van der Waals surface area (Å²) in [7, 11) is 0. The molecule has 0 radical (unpaired) electrons. The molecule has 1 aliphatic carbocycles. The lowest BCUT2D eigenvalue weighted by atomic mass is 9.80. The van der Waals surface area contributed by atoms with Crippen molar-refractivity contribution in [1.82, 2.24) is 0 Å². The van der Waals surface area contributed by atoms with Crippen molar-refractivity contribution in [2.45, 2.75) is 77.2 Å². The van der Waals surface area contributed by atoms with Gasteiger partial charge in [-0.1, -0.05) is 52.4 Å². The van der Waals surface area contributed by atoms with E-state index in [2.05, 4.69) is 13.8 Å². The maximum absolute atomic E-state index is 6.51. The Kier molecular flexibility index (Phi) is 4.94. The number of nitrogens with two attached hydrogens (primary N) is 1. The summed E-state index contributed by atoms with van der Waals surface area (Å²) < 4.78 is 0. The Bertz CT molecular complexity index is 141. The first-order chi connectivity index (χ1) is 6.70. The van der Waals surface area contributed by atoms with E-state index < -0.39 is 0 Å². The lowest BCUT2D eigenvalue weighted by molar-refractivity contribution is 0.273. The molecule has 0 unspecified atom stereocenters. The minimum Gasteiger partial charge on any atom is -0.325 e. The topological polar surface area (TPSA) is 26.0 Å². The van der Waals surface area contributed by atoms with E-state index in [0.29, 0.717) is 0 Å². The van der Waals surface area contributed by atoms with E-state index >= 15 is 0 Å². The van der Waals surface area contributed by atoms with Gasteiger partial charge in [0.2, 0.25) is 0 Å². The maximum Gasteiger partial charge on any atom is 0.0157 e. The van der Waals surface area contributed by atoms with Gasteiger partial charge in [0.25, 0.3) is 0 Å². The van der Waals surface area contributed by atoms with Gasteiger partial charge in [-0.15, -0.1) is 0 Å². The molecule has 1 fully saturated rings. The average Bonchev–Trinajstić information content (AvgIpc) is 2.40. The van der Waals surface area contributed by atoms with Gasteiger partial charge in [-0.2, -0.15) is 0 Å². The summed E-state index contributed by atoms with van der Waals surface area (Å²) in [6, 6.07) is 0. The second kappa shape index (κ2) is 5.75. The Hall–Kier alpha value is -0.0400. The Morgan fingerprint density at radius 2 is 1.50 bits per heavy atom. The third kappa shape index (κ3) is 3.61. The fourth-order valence-corrected chi connectivity index (χ4v) is 2.79. The summed E-state index contributed by atoms with van der Waals surface area (Å²) in [5, 5.41) is 0. The third-order valence-corrected chi connectivity index (χ3v) is 3.95. The maximum atomic E-state index is 6.51. The lowest BCUT2D eigenvalue weighted by Crippen LogP contribution is -2.41. The quantitative estimate of drug-likeness (QED) is 0.680. The normalized spacial score (nSPS) is 22.3. The number of hydrogen-bond acceptors (Lipinski definition) is 1. The minimum absolute atomic E-state index is 0.188. The fraction of sp³-hybridized carbons (Fsp3) is 1.00. The molecule has 14 heavy (non-hydrogen) atoms. The Morgan fingerprint density at radius 1 is 1.00 bits per heavy atom. The predicted octanol–water partition coefficient (Wildman–Crippen LogP) is 3.86. The summed E-state index contributed by atoms with van der Waals surface area (Å²) in [6.45, 7) is 4.60. The molecule has 0 spiro atoms. The zero-order valence-electron chi connectivity index (χ0n) is 10.0. The van der Waals surface area contributed by atoms with Crippen LogP contribution in [0.5, 0.6) is 0 Å². The van der Waals surface area contributed by atoms with Gasteiger partial charge in [-0.05, 0) is 25.2 Å². The van der Waals surface area contributed by atoms with Crippen LogP contribution in [0.2, 0.25) is 0 Å². The largest absolute Gasteiger partial charge is 0.325 e. The number of hydrogen-bond donors (Lipinski definition) is 1. The average molecular weight is 197 g/mol.